The molecule has 7 nitrogen and oxygen atoms in total. The molecule has 1 aromatic carbocycles. The van der Waals surface area contributed by atoms with Gasteiger partial charge < -0.3 is 15.7 Å². The molecule has 0 saturated carbocycles. The van der Waals surface area contributed by atoms with Crippen LogP contribution in [0.2, 0.25) is 0 Å². The van der Waals surface area contributed by atoms with Gasteiger partial charge in [0, 0.05) is 23.8 Å². The van der Waals surface area contributed by atoms with Crippen molar-refractivity contribution in [3.63, 3.8) is 0 Å². The molecule has 0 radical (unpaired) electrons. The molecule has 1 heterocycles. The van der Waals surface area contributed by atoms with E-state index < -0.39 is 29.4 Å². The summed E-state index contributed by atoms with van der Waals surface area (Å²) < 4.78 is 38.9. The van der Waals surface area contributed by atoms with E-state index in [1.54, 1.807) is 13.8 Å². The first-order valence-corrected chi connectivity index (χ1v) is 8.00. The van der Waals surface area contributed by atoms with E-state index in [1.807, 2.05) is 0 Å². The summed E-state index contributed by atoms with van der Waals surface area (Å²) in [6.07, 6.45) is -3.14. The lowest BCUT2D eigenvalue weighted by Crippen LogP contribution is -2.45. The van der Waals surface area contributed by atoms with Crippen LogP contribution in [0.5, 0.6) is 0 Å². The number of carboxylic acids is 1. The zero-order valence-electron chi connectivity index (χ0n) is 14.7. The van der Waals surface area contributed by atoms with E-state index in [-0.39, 0.29) is 12.8 Å². The van der Waals surface area contributed by atoms with Crippen molar-refractivity contribution in [3.05, 3.63) is 42.2 Å². The lowest BCUT2D eigenvalue weighted by atomic mass is 9.99. The van der Waals surface area contributed by atoms with Crippen molar-refractivity contribution in [3.8, 4) is 5.69 Å². The fraction of sp³-hybridized carbons (Fsp3) is 0.353. The minimum Gasteiger partial charge on any atom is -0.481 e. The van der Waals surface area contributed by atoms with Crippen LogP contribution in [0, 0.1) is 0 Å². The molecule has 2 aromatic rings. The summed E-state index contributed by atoms with van der Waals surface area (Å²) in [7, 11) is 0. The van der Waals surface area contributed by atoms with Crippen LogP contribution in [0.25, 0.3) is 5.69 Å². The third-order valence-corrected chi connectivity index (χ3v) is 3.69. The second-order valence-corrected chi connectivity index (χ2v) is 6.55. The molecule has 0 fully saturated rings. The van der Waals surface area contributed by atoms with Crippen LogP contribution in [0.1, 0.15) is 32.4 Å². The Bertz CT molecular complexity index is 814. The molecule has 2 rings (SSSR count). The van der Waals surface area contributed by atoms with E-state index in [2.05, 4.69) is 15.7 Å². The van der Waals surface area contributed by atoms with E-state index in [9.17, 15) is 22.8 Å². The maximum absolute atomic E-state index is 12.6. The van der Waals surface area contributed by atoms with Crippen molar-refractivity contribution in [2.24, 2.45) is 0 Å². The topological polar surface area (TPSA) is 96.3 Å². The van der Waals surface area contributed by atoms with Crippen molar-refractivity contribution in [2.75, 3.05) is 5.32 Å². The molecular weight excluding hydrogens is 365 g/mol. The number of hydrogen-bond donors (Lipinski definition) is 3. The number of nitrogens with one attached hydrogen (secondary N) is 2. The predicted molar refractivity (Wildman–Crippen MR) is 91.7 cm³/mol. The maximum atomic E-state index is 12.6. The van der Waals surface area contributed by atoms with Gasteiger partial charge in [0.25, 0.3) is 0 Å². The van der Waals surface area contributed by atoms with Gasteiger partial charge in [0.1, 0.15) is 0 Å². The van der Waals surface area contributed by atoms with Crippen LogP contribution in [0.4, 0.5) is 23.7 Å². The first kappa shape index (κ1) is 20.3. The molecule has 0 aliphatic heterocycles. The Balaban J connectivity index is 1.98. The number of alkyl halides is 3. The summed E-state index contributed by atoms with van der Waals surface area (Å²) in [5.41, 5.74) is -0.884. The van der Waals surface area contributed by atoms with E-state index in [4.69, 9.17) is 5.11 Å². The second kappa shape index (κ2) is 7.68. The van der Waals surface area contributed by atoms with Gasteiger partial charge in [-0.1, -0.05) is 0 Å². The van der Waals surface area contributed by atoms with Crippen LogP contribution in [-0.2, 0) is 11.0 Å². The predicted octanol–water partition coefficient (Wildman–Crippen LogP) is 3.66. The van der Waals surface area contributed by atoms with Crippen LogP contribution < -0.4 is 10.6 Å². The van der Waals surface area contributed by atoms with Gasteiger partial charge in [0.15, 0.2) is 5.69 Å². The number of aromatic nitrogens is 2. The number of benzene rings is 1. The van der Waals surface area contributed by atoms with Gasteiger partial charge in [0.2, 0.25) is 0 Å². The standard InChI is InChI=1S/C17H19F3N4O3/c1-16(2,9-7-14(25)26)22-15(27)21-11-3-5-12(6-4-11)24-10-8-13(23-24)17(18,19)20/h3-6,8,10H,7,9H2,1-2H3,(H,25,26)(H2,21,22,27). The second-order valence-electron chi connectivity index (χ2n) is 6.55. The number of hydrogen-bond acceptors (Lipinski definition) is 3. The zero-order valence-corrected chi connectivity index (χ0v) is 14.7. The maximum Gasteiger partial charge on any atom is 0.435 e. The lowest BCUT2D eigenvalue weighted by molar-refractivity contribution is -0.141. The Kier molecular flexibility index (Phi) is 5.77. The molecular formula is C17H19F3N4O3. The quantitative estimate of drug-likeness (QED) is 0.708. The SMILES string of the molecule is CC(C)(CCC(=O)O)NC(=O)Nc1ccc(-n2ccc(C(F)(F)F)n2)cc1. The Labute approximate surface area is 153 Å². The summed E-state index contributed by atoms with van der Waals surface area (Å²) in [5, 5.41) is 17.4. The number of urea groups is 1. The van der Waals surface area contributed by atoms with E-state index in [1.165, 1.54) is 30.5 Å². The minimum atomic E-state index is -4.52. The molecule has 0 aliphatic carbocycles. The summed E-state index contributed by atoms with van der Waals surface area (Å²) in [4.78, 5) is 22.7. The number of carboxylic acid groups (broad SMARTS) is 1. The van der Waals surface area contributed by atoms with Crippen LogP contribution in [0.3, 0.4) is 0 Å². The van der Waals surface area contributed by atoms with Crippen LogP contribution in [0.15, 0.2) is 36.5 Å². The van der Waals surface area contributed by atoms with E-state index in [0.29, 0.717) is 11.4 Å². The highest BCUT2D eigenvalue weighted by Gasteiger charge is 2.33. The highest BCUT2D eigenvalue weighted by atomic mass is 19.4. The fourth-order valence-electron chi connectivity index (χ4n) is 2.27. The minimum absolute atomic E-state index is 0.0776. The monoisotopic (exact) mass is 384 g/mol. The van der Waals surface area contributed by atoms with Gasteiger partial charge in [0.05, 0.1) is 5.69 Å². The number of nitrogens with zero attached hydrogens (tertiary/aromatic N) is 2. The normalized spacial score (nSPS) is 11.9. The van der Waals surface area contributed by atoms with Crippen molar-refractivity contribution >= 4 is 17.7 Å². The van der Waals surface area contributed by atoms with Crippen LogP contribution in [-0.4, -0.2) is 32.4 Å². The number of aliphatic carboxylic acids is 1. The van der Waals surface area contributed by atoms with Gasteiger partial charge in [-0.15, -0.1) is 0 Å². The van der Waals surface area contributed by atoms with Crippen molar-refractivity contribution < 1.29 is 27.9 Å². The largest absolute Gasteiger partial charge is 0.481 e. The number of amides is 2. The third-order valence-electron chi connectivity index (χ3n) is 3.69. The highest BCUT2D eigenvalue weighted by Crippen LogP contribution is 2.28. The molecule has 0 atom stereocenters. The Morgan fingerprint density at radius 2 is 1.78 bits per heavy atom. The van der Waals surface area contributed by atoms with Crippen molar-refractivity contribution in [1.29, 1.82) is 0 Å². The molecule has 10 heteroatoms. The average molecular weight is 384 g/mol. The Morgan fingerprint density at radius 3 is 2.30 bits per heavy atom. The van der Waals surface area contributed by atoms with Gasteiger partial charge in [-0.05, 0) is 50.6 Å². The molecule has 0 unspecified atom stereocenters. The van der Waals surface area contributed by atoms with Gasteiger partial charge in [-0.3, -0.25) is 4.79 Å². The molecule has 0 aliphatic rings. The summed E-state index contributed by atoms with van der Waals surface area (Å²) in [6, 6.07) is 6.43. The number of carbonyl (C=O) groups is 2. The molecule has 0 saturated heterocycles. The molecule has 27 heavy (non-hydrogen) atoms. The summed E-state index contributed by atoms with van der Waals surface area (Å²) >= 11 is 0. The van der Waals surface area contributed by atoms with E-state index >= 15 is 0 Å². The Hall–Kier alpha value is -3.04. The smallest absolute Gasteiger partial charge is 0.435 e. The van der Waals surface area contributed by atoms with E-state index in [0.717, 1.165) is 10.7 Å². The number of anilines is 1. The average Bonchev–Trinajstić information content (AvgIpc) is 3.03. The first-order chi connectivity index (χ1) is 12.5. The first-order valence-electron chi connectivity index (χ1n) is 8.00. The highest BCUT2D eigenvalue weighted by molar-refractivity contribution is 5.89. The Morgan fingerprint density at radius 1 is 1.15 bits per heavy atom. The molecule has 0 spiro atoms. The molecule has 1 aromatic heterocycles. The molecule has 3 N–H and O–H groups in total. The number of rotatable bonds is 6. The number of halogens is 3. The fourth-order valence-corrected chi connectivity index (χ4v) is 2.27. The van der Waals surface area contributed by atoms with Crippen molar-refractivity contribution in [2.45, 2.75) is 38.4 Å². The zero-order chi connectivity index (χ0) is 20.2. The molecule has 146 valence electrons. The van der Waals surface area contributed by atoms with Gasteiger partial charge in [-0.2, -0.15) is 18.3 Å². The molecule has 0 bridgehead atoms. The summed E-state index contributed by atoms with van der Waals surface area (Å²) in [6.45, 7) is 3.41. The van der Waals surface area contributed by atoms with Gasteiger partial charge in [-0.25, -0.2) is 9.48 Å². The molecule has 2 amide bonds. The number of carbonyl (C=O) groups excluding carboxylic acids is 1. The summed E-state index contributed by atoms with van der Waals surface area (Å²) in [5.74, 6) is -0.951. The van der Waals surface area contributed by atoms with Crippen molar-refractivity contribution in [1.82, 2.24) is 15.1 Å². The third kappa shape index (κ3) is 6.01. The lowest BCUT2D eigenvalue weighted by Gasteiger charge is -2.25. The van der Waals surface area contributed by atoms with Crippen LogP contribution >= 0.6 is 0 Å². The van der Waals surface area contributed by atoms with Gasteiger partial charge >= 0.3 is 18.2 Å².